The van der Waals surface area contributed by atoms with Crippen LogP contribution >= 0.6 is 104 Å². The lowest BCUT2D eigenvalue weighted by Gasteiger charge is -2.44. The molecule has 2 rings (SSSR count). The molecule has 0 unspecified atom stereocenters. The molecule has 0 fully saturated rings. The Bertz CT molecular complexity index is 726. The average Bonchev–Trinajstić information content (AvgIpc) is 2.45. The van der Waals surface area contributed by atoms with Gasteiger partial charge in [-0.05, 0) is 16.3 Å². The largest absolute Gasteiger partial charge is 0.226 e. The van der Waals surface area contributed by atoms with Gasteiger partial charge < -0.3 is 0 Å². The fourth-order valence-corrected chi connectivity index (χ4v) is 4.42. The molecule has 24 heavy (non-hydrogen) atoms. The highest BCUT2D eigenvalue weighted by atomic mass is 35.6. The van der Waals surface area contributed by atoms with Crippen molar-refractivity contribution in [2.24, 2.45) is 0 Å². The lowest BCUT2D eigenvalue weighted by molar-refractivity contribution is 0.578. The molecule has 0 atom stereocenters. The van der Waals surface area contributed by atoms with Gasteiger partial charge >= 0.3 is 0 Å². The zero-order chi connectivity index (χ0) is 18.4. The van der Waals surface area contributed by atoms with E-state index < -0.39 is 16.8 Å². The first-order chi connectivity index (χ1) is 10.8. The van der Waals surface area contributed by atoms with Gasteiger partial charge in [0.2, 0.25) is 3.79 Å². The van der Waals surface area contributed by atoms with Crippen LogP contribution in [0.25, 0.3) is 10.8 Å². The average molecular weight is 508 g/mol. The van der Waals surface area contributed by atoms with Crippen molar-refractivity contribution in [2.45, 2.75) is 23.2 Å². The second-order valence-corrected chi connectivity index (χ2v) is 11.6. The summed E-state index contributed by atoms with van der Waals surface area (Å²) in [6.45, 7) is 0. The first-order valence-electron chi connectivity index (χ1n) is 6.48. The van der Waals surface area contributed by atoms with Crippen LogP contribution in [0.3, 0.4) is 0 Å². The van der Waals surface area contributed by atoms with Crippen LogP contribution in [0.2, 0.25) is 0 Å². The summed E-state index contributed by atoms with van der Waals surface area (Å²) in [5.41, 5.74) is 0.789. The standard InChI is InChI=1S/C15H9Cl9/c16-12(17,13(18,19)14(20,21)15(22,23)24)8-10-6-3-5-9-4-1-2-7-11(9)10/h1-7H,8H2. The highest BCUT2D eigenvalue weighted by Crippen LogP contribution is 2.63. The summed E-state index contributed by atoms with van der Waals surface area (Å²) >= 11 is 55.0. The lowest BCUT2D eigenvalue weighted by atomic mass is 9.98. The van der Waals surface area contributed by atoms with Gasteiger partial charge in [-0.3, -0.25) is 0 Å². The van der Waals surface area contributed by atoms with Crippen molar-refractivity contribution in [1.82, 2.24) is 0 Å². The second kappa shape index (κ2) is 7.38. The smallest absolute Gasteiger partial charge is 0.0978 e. The molecule has 0 saturated heterocycles. The molecule has 0 N–H and O–H groups in total. The Labute approximate surface area is 185 Å². The van der Waals surface area contributed by atoms with E-state index in [1.165, 1.54) is 0 Å². The van der Waals surface area contributed by atoms with E-state index >= 15 is 0 Å². The van der Waals surface area contributed by atoms with Gasteiger partial charge in [0.05, 0.1) is 0 Å². The third-order valence-electron chi connectivity index (χ3n) is 3.50. The van der Waals surface area contributed by atoms with Gasteiger partial charge in [-0.2, -0.15) is 0 Å². The van der Waals surface area contributed by atoms with Crippen LogP contribution in [0.1, 0.15) is 5.56 Å². The first-order valence-corrected chi connectivity index (χ1v) is 9.88. The second-order valence-electron chi connectivity index (χ2n) is 5.17. The Balaban J connectivity index is 2.47. The fraction of sp³-hybridized carbons (Fsp3) is 0.333. The van der Waals surface area contributed by atoms with Crippen LogP contribution < -0.4 is 0 Å². The molecule has 0 bridgehead atoms. The van der Waals surface area contributed by atoms with E-state index in [-0.39, 0.29) is 6.42 Å². The number of hydrogen-bond donors (Lipinski definition) is 0. The third kappa shape index (κ3) is 3.93. The van der Waals surface area contributed by atoms with Crippen molar-refractivity contribution in [2.75, 3.05) is 0 Å². The molecule has 2 aromatic carbocycles. The zero-order valence-corrected chi connectivity index (χ0v) is 18.5. The van der Waals surface area contributed by atoms with Gasteiger partial charge in [-0.1, -0.05) is 147 Å². The topological polar surface area (TPSA) is 0 Å². The molecule has 132 valence electrons. The van der Waals surface area contributed by atoms with Crippen molar-refractivity contribution >= 4 is 115 Å². The molecule has 2 aromatic rings. The molecular weight excluding hydrogens is 499 g/mol. The lowest BCUT2D eigenvalue weighted by Crippen LogP contribution is -2.56. The monoisotopic (exact) mass is 504 g/mol. The summed E-state index contributed by atoms with van der Waals surface area (Å²) in [4.78, 5) is 0. The Kier molecular flexibility index (Phi) is 6.64. The van der Waals surface area contributed by atoms with E-state index in [9.17, 15) is 0 Å². The number of alkyl halides is 9. The van der Waals surface area contributed by atoms with Crippen molar-refractivity contribution in [3.8, 4) is 0 Å². The molecule has 0 saturated carbocycles. The summed E-state index contributed by atoms with van der Waals surface area (Å²) in [6.07, 6.45) is 0.0202. The molecule has 9 heteroatoms. The van der Waals surface area contributed by atoms with E-state index in [0.717, 1.165) is 16.3 Å². The maximum Gasteiger partial charge on any atom is 0.226 e. The van der Waals surface area contributed by atoms with Crippen molar-refractivity contribution in [1.29, 1.82) is 0 Å². The van der Waals surface area contributed by atoms with Gasteiger partial charge in [0.1, 0.15) is 0 Å². The summed E-state index contributed by atoms with van der Waals surface area (Å²) in [7, 11) is 0. The van der Waals surface area contributed by atoms with Gasteiger partial charge in [0.15, 0.2) is 13.0 Å². The fourth-order valence-electron chi connectivity index (χ4n) is 2.20. The molecule has 0 nitrogen and oxygen atoms in total. The normalized spacial score (nSPS) is 14.2. The van der Waals surface area contributed by atoms with E-state index in [4.69, 9.17) is 104 Å². The SMILES string of the molecule is ClC(Cl)(Cl)C(Cl)(Cl)C(Cl)(Cl)C(Cl)(Cl)Cc1cccc2ccccc12. The minimum Gasteiger partial charge on any atom is -0.0978 e. The molecule has 0 aromatic heterocycles. The van der Waals surface area contributed by atoms with Crippen molar-refractivity contribution in [3.63, 3.8) is 0 Å². The molecule has 0 aliphatic rings. The maximum atomic E-state index is 6.41. The Morgan fingerprint density at radius 2 is 1.17 bits per heavy atom. The number of fused-ring (bicyclic) bond motifs is 1. The number of rotatable bonds is 4. The third-order valence-corrected chi connectivity index (χ3v) is 8.89. The van der Waals surface area contributed by atoms with Gasteiger partial charge in [0.25, 0.3) is 0 Å². The minimum atomic E-state index is -2.28. The van der Waals surface area contributed by atoms with Crippen LogP contribution in [-0.2, 0) is 6.42 Å². The number of hydrogen-bond acceptors (Lipinski definition) is 0. The van der Waals surface area contributed by atoms with Crippen LogP contribution in [0, 0.1) is 0 Å². The van der Waals surface area contributed by atoms with Crippen LogP contribution in [0.15, 0.2) is 42.5 Å². The Morgan fingerprint density at radius 1 is 0.625 bits per heavy atom. The van der Waals surface area contributed by atoms with E-state index in [0.29, 0.717) is 0 Å². The highest BCUT2D eigenvalue weighted by molar-refractivity contribution is 6.80. The van der Waals surface area contributed by atoms with Crippen LogP contribution in [-0.4, -0.2) is 16.8 Å². The molecule has 0 aliphatic carbocycles. The van der Waals surface area contributed by atoms with Crippen LogP contribution in [0.4, 0.5) is 0 Å². The molecule has 0 aliphatic heterocycles. The summed E-state index contributed by atoms with van der Waals surface area (Å²) in [5.74, 6) is 0. The zero-order valence-electron chi connectivity index (χ0n) is 11.7. The maximum absolute atomic E-state index is 6.41. The van der Waals surface area contributed by atoms with Gasteiger partial charge in [0, 0.05) is 6.42 Å². The molecule has 0 spiro atoms. The molecule has 0 amide bonds. The van der Waals surface area contributed by atoms with Crippen LogP contribution in [0.5, 0.6) is 0 Å². The minimum absolute atomic E-state index is 0.0202. The Morgan fingerprint density at radius 3 is 1.75 bits per heavy atom. The predicted octanol–water partition coefficient (Wildman–Crippen LogP) is 8.27. The van der Waals surface area contributed by atoms with Crippen molar-refractivity contribution in [3.05, 3.63) is 48.0 Å². The Hall–Kier alpha value is 1.31. The predicted molar refractivity (Wildman–Crippen MR) is 111 cm³/mol. The summed E-state index contributed by atoms with van der Waals surface area (Å²) in [6, 6.07) is 13.3. The van der Waals surface area contributed by atoms with Gasteiger partial charge in [-0.25, -0.2) is 0 Å². The molecule has 0 radical (unpaired) electrons. The summed E-state index contributed by atoms with van der Waals surface area (Å²) in [5, 5.41) is 1.93. The molecule has 0 heterocycles. The van der Waals surface area contributed by atoms with E-state index in [2.05, 4.69) is 0 Å². The molecular formula is C15H9Cl9. The van der Waals surface area contributed by atoms with E-state index in [1.807, 2.05) is 42.5 Å². The summed E-state index contributed by atoms with van der Waals surface area (Å²) < 4.78 is -8.56. The number of halogens is 9. The van der Waals surface area contributed by atoms with E-state index in [1.54, 1.807) is 0 Å². The van der Waals surface area contributed by atoms with Gasteiger partial charge in [-0.15, -0.1) is 0 Å². The number of benzene rings is 2. The van der Waals surface area contributed by atoms with Crippen molar-refractivity contribution < 1.29 is 0 Å². The highest BCUT2D eigenvalue weighted by Gasteiger charge is 2.67. The quantitative estimate of drug-likeness (QED) is 0.365. The first kappa shape index (κ1) is 21.6.